The van der Waals surface area contributed by atoms with Crippen molar-refractivity contribution in [1.29, 1.82) is 0 Å². The summed E-state index contributed by atoms with van der Waals surface area (Å²) in [5.41, 5.74) is 3.27. The van der Waals surface area contributed by atoms with Crippen LogP contribution < -0.4 is 5.32 Å². The lowest BCUT2D eigenvalue weighted by Crippen LogP contribution is -2.26. The number of methoxy groups -OCH3 is 1. The number of nitrogens with zero attached hydrogens (tertiary/aromatic N) is 2. The Kier molecular flexibility index (Phi) is 4.36. The quantitative estimate of drug-likeness (QED) is 0.839. The minimum absolute atomic E-state index is 0.487. The van der Waals surface area contributed by atoms with Crippen LogP contribution in [0.25, 0.3) is 0 Å². The van der Waals surface area contributed by atoms with Crippen LogP contribution in [-0.4, -0.2) is 29.8 Å². The predicted octanol–water partition coefficient (Wildman–Crippen LogP) is 2.54. The molecule has 1 aliphatic carbocycles. The lowest BCUT2D eigenvalue weighted by molar-refractivity contribution is 0.166. The fourth-order valence-electron chi connectivity index (χ4n) is 3.45. The highest BCUT2D eigenvalue weighted by molar-refractivity contribution is 5.21. The van der Waals surface area contributed by atoms with Crippen molar-refractivity contribution in [2.75, 3.05) is 20.3 Å². The normalized spacial score (nSPS) is 19.8. The Morgan fingerprint density at radius 1 is 1.38 bits per heavy atom. The lowest BCUT2D eigenvalue weighted by Gasteiger charge is -2.22. The van der Waals surface area contributed by atoms with Gasteiger partial charge in [-0.15, -0.1) is 0 Å². The minimum Gasteiger partial charge on any atom is -0.385 e. The second kappa shape index (κ2) is 6.09. The minimum atomic E-state index is 0.487. The lowest BCUT2D eigenvalue weighted by atomic mass is 10.0. The molecule has 0 saturated heterocycles. The molecule has 118 valence electrons. The summed E-state index contributed by atoms with van der Waals surface area (Å²) < 4.78 is 7.88. The van der Waals surface area contributed by atoms with E-state index in [0.29, 0.717) is 11.3 Å². The third-order valence-corrected chi connectivity index (χ3v) is 4.94. The van der Waals surface area contributed by atoms with E-state index in [1.54, 1.807) is 0 Å². The van der Waals surface area contributed by atoms with E-state index in [1.807, 2.05) is 7.11 Å². The zero-order valence-electron chi connectivity index (χ0n) is 13.7. The Morgan fingerprint density at radius 3 is 2.86 bits per heavy atom. The smallest absolute Gasteiger partial charge is 0.109 e. The number of hydrogen-bond donors (Lipinski definition) is 1. The van der Waals surface area contributed by atoms with Crippen LogP contribution in [0.4, 0.5) is 0 Å². The standard InChI is InChI=1S/C17H29N3O/c1-13(2)10-16-19-14-11-18-8-4-15(14)20(16)12-17(5-6-17)7-9-21-3/h13,18H,4-12H2,1-3H3. The molecule has 4 heteroatoms. The van der Waals surface area contributed by atoms with Gasteiger partial charge in [0, 0.05) is 51.9 Å². The van der Waals surface area contributed by atoms with Crippen molar-refractivity contribution < 1.29 is 4.74 Å². The van der Waals surface area contributed by atoms with Gasteiger partial charge in [-0.25, -0.2) is 4.98 Å². The highest BCUT2D eigenvalue weighted by atomic mass is 16.5. The molecular weight excluding hydrogens is 262 g/mol. The van der Waals surface area contributed by atoms with Crippen LogP contribution in [0.5, 0.6) is 0 Å². The molecule has 1 fully saturated rings. The van der Waals surface area contributed by atoms with Crippen molar-refractivity contribution >= 4 is 0 Å². The highest BCUT2D eigenvalue weighted by Crippen LogP contribution is 2.50. The molecule has 0 spiro atoms. The average Bonchev–Trinajstić information content (AvgIpc) is 3.15. The fourth-order valence-corrected chi connectivity index (χ4v) is 3.45. The molecular formula is C17H29N3O. The molecule has 21 heavy (non-hydrogen) atoms. The Hall–Kier alpha value is -0.870. The van der Waals surface area contributed by atoms with E-state index in [1.165, 1.54) is 36.5 Å². The Balaban J connectivity index is 1.83. The molecule has 4 nitrogen and oxygen atoms in total. The number of aromatic nitrogens is 2. The molecule has 1 aromatic rings. The summed E-state index contributed by atoms with van der Waals surface area (Å²) in [4.78, 5) is 4.95. The van der Waals surface area contributed by atoms with Crippen molar-refractivity contribution in [3.63, 3.8) is 0 Å². The van der Waals surface area contributed by atoms with Gasteiger partial charge in [0.25, 0.3) is 0 Å². The molecule has 0 radical (unpaired) electrons. The molecule has 0 bridgehead atoms. The van der Waals surface area contributed by atoms with Gasteiger partial charge in [0.2, 0.25) is 0 Å². The highest BCUT2D eigenvalue weighted by Gasteiger charge is 2.43. The summed E-state index contributed by atoms with van der Waals surface area (Å²) in [5, 5.41) is 3.45. The zero-order valence-corrected chi connectivity index (χ0v) is 13.7. The molecule has 0 atom stereocenters. The second-order valence-electron chi connectivity index (χ2n) is 7.28. The topological polar surface area (TPSA) is 39.1 Å². The van der Waals surface area contributed by atoms with E-state index in [-0.39, 0.29) is 0 Å². The van der Waals surface area contributed by atoms with E-state index < -0.39 is 0 Å². The van der Waals surface area contributed by atoms with Crippen LogP contribution in [0.2, 0.25) is 0 Å². The van der Waals surface area contributed by atoms with Gasteiger partial charge in [-0.3, -0.25) is 0 Å². The summed E-state index contributed by atoms with van der Waals surface area (Å²) >= 11 is 0. The van der Waals surface area contributed by atoms with Gasteiger partial charge in [0.15, 0.2) is 0 Å². The first-order valence-corrected chi connectivity index (χ1v) is 8.40. The molecule has 2 aliphatic rings. The summed E-state index contributed by atoms with van der Waals surface area (Å²) in [6, 6.07) is 0. The zero-order chi connectivity index (χ0) is 14.9. The first-order chi connectivity index (χ1) is 10.1. The molecule has 0 unspecified atom stereocenters. The Bertz CT molecular complexity index is 488. The SMILES string of the molecule is COCCC1(Cn2c(CC(C)C)nc3c2CCNC3)CC1. The first kappa shape index (κ1) is 15.0. The number of fused-ring (bicyclic) bond motifs is 1. The summed E-state index contributed by atoms with van der Waals surface area (Å²) in [7, 11) is 1.81. The van der Waals surface area contributed by atoms with Crippen LogP contribution >= 0.6 is 0 Å². The number of imidazole rings is 1. The Labute approximate surface area is 128 Å². The summed E-state index contributed by atoms with van der Waals surface area (Å²) in [6.45, 7) is 8.64. The van der Waals surface area contributed by atoms with Crippen LogP contribution in [0.15, 0.2) is 0 Å². The molecule has 3 rings (SSSR count). The molecule has 0 amide bonds. The number of rotatable bonds is 7. The largest absolute Gasteiger partial charge is 0.385 e. The third-order valence-electron chi connectivity index (χ3n) is 4.94. The van der Waals surface area contributed by atoms with Crippen molar-refractivity contribution in [2.24, 2.45) is 11.3 Å². The van der Waals surface area contributed by atoms with E-state index >= 15 is 0 Å². The van der Waals surface area contributed by atoms with E-state index in [2.05, 4.69) is 23.7 Å². The monoisotopic (exact) mass is 291 g/mol. The van der Waals surface area contributed by atoms with Gasteiger partial charge >= 0.3 is 0 Å². The molecule has 1 saturated carbocycles. The van der Waals surface area contributed by atoms with Gasteiger partial charge in [-0.05, 0) is 30.6 Å². The maximum absolute atomic E-state index is 5.31. The second-order valence-corrected chi connectivity index (χ2v) is 7.28. The van der Waals surface area contributed by atoms with Gasteiger partial charge in [-0.2, -0.15) is 0 Å². The molecule has 1 aliphatic heterocycles. The van der Waals surface area contributed by atoms with E-state index in [4.69, 9.17) is 9.72 Å². The van der Waals surface area contributed by atoms with Crippen LogP contribution in [0.1, 0.15) is 50.3 Å². The van der Waals surface area contributed by atoms with E-state index in [0.717, 1.165) is 39.1 Å². The Morgan fingerprint density at radius 2 is 2.19 bits per heavy atom. The predicted molar refractivity (Wildman–Crippen MR) is 84.3 cm³/mol. The van der Waals surface area contributed by atoms with Gasteiger partial charge in [0.05, 0.1) is 5.69 Å². The van der Waals surface area contributed by atoms with E-state index in [9.17, 15) is 0 Å². The first-order valence-electron chi connectivity index (χ1n) is 8.40. The molecule has 0 aromatic carbocycles. The van der Waals surface area contributed by atoms with Crippen molar-refractivity contribution in [3.05, 3.63) is 17.2 Å². The number of nitrogens with one attached hydrogen (secondary N) is 1. The molecule has 2 heterocycles. The van der Waals surface area contributed by atoms with Crippen molar-refractivity contribution in [3.8, 4) is 0 Å². The maximum atomic E-state index is 5.31. The van der Waals surface area contributed by atoms with Crippen molar-refractivity contribution in [1.82, 2.24) is 14.9 Å². The maximum Gasteiger partial charge on any atom is 0.109 e. The number of ether oxygens (including phenoxy) is 1. The van der Waals surface area contributed by atoms with Crippen molar-refractivity contribution in [2.45, 2.75) is 59.0 Å². The van der Waals surface area contributed by atoms with Crippen LogP contribution in [0.3, 0.4) is 0 Å². The summed E-state index contributed by atoms with van der Waals surface area (Å²) in [6.07, 6.45) is 6.11. The average molecular weight is 291 g/mol. The summed E-state index contributed by atoms with van der Waals surface area (Å²) in [5.74, 6) is 1.97. The third kappa shape index (κ3) is 3.32. The van der Waals surface area contributed by atoms with Gasteiger partial charge in [0.1, 0.15) is 5.82 Å². The molecule has 1 N–H and O–H groups in total. The van der Waals surface area contributed by atoms with Crippen LogP contribution in [-0.2, 0) is 30.7 Å². The van der Waals surface area contributed by atoms with Gasteiger partial charge < -0.3 is 14.6 Å². The molecule has 1 aromatic heterocycles. The van der Waals surface area contributed by atoms with Crippen LogP contribution in [0, 0.1) is 11.3 Å². The van der Waals surface area contributed by atoms with Gasteiger partial charge in [-0.1, -0.05) is 13.8 Å². The fraction of sp³-hybridized carbons (Fsp3) is 0.824. The number of hydrogen-bond acceptors (Lipinski definition) is 3.